The van der Waals surface area contributed by atoms with Gasteiger partial charge in [-0.05, 0) is 82.9 Å². The minimum atomic E-state index is 0.542. The lowest BCUT2D eigenvalue weighted by molar-refractivity contribution is 0.397. The van der Waals surface area contributed by atoms with Crippen molar-refractivity contribution in [3.63, 3.8) is 0 Å². The largest absolute Gasteiger partial charge is 0.0654 e. The molecule has 2 rings (SSSR count). The molecule has 2 aliphatic carbocycles. The summed E-state index contributed by atoms with van der Waals surface area (Å²) in [7, 11) is 0. The van der Waals surface area contributed by atoms with Crippen LogP contribution in [0.4, 0.5) is 0 Å². The predicted molar refractivity (Wildman–Crippen MR) is 284 cm³/mol. The molecule has 2 fully saturated rings. The van der Waals surface area contributed by atoms with Gasteiger partial charge in [0.1, 0.15) is 0 Å². The first-order valence-corrected chi connectivity index (χ1v) is 26.3. The van der Waals surface area contributed by atoms with Gasteiger partial charge >= 0.3 is 0 Å². The Labute approximate surface area is 379 Å². The van der Waals surface area contributed by atoms with Crippen molar-refractivity contribution in [3.8, 4) is 0 Å². The quantitative estimate of drug-likeness (QED) is 0.172. The van der Waals surface area contributed by atoms with Crippen molar-refractivity contribution < 1.29 is 0 Å². The Morgan fingerprint density at radius 2 is 0.621 bits per heavy atom. The maximum absolute atomic E-state index is 2.30. The first-order chi connectivity index (χ1) is 26.3. The van der Waals surface area contributed by atoms with Gasteiger partial charge in [-0.25, -0.2) is 0 Å². The molecule has 0 bridgehead atoms. The Hall–Kier alpha value is 0. The fourth-order valence-corrected chi connectivity index (χ4v) is 2.99. The second-order valence-corrected chi connectivity index (χ2v) is 23.1. The Balaban J connectivity index is -0.0000000798. The van der Waals surface area contributed by atoms with E-state index in [0.717, 1.165) is 52.8 Å². The third-order valence-corrected chi connectivity index (χ3v) is 11.7. The smallest absolute Gasteiger partial charge is 0.0354 e. The molecule has 2 aliphatic rings. The maximum atomic E-state index is 2.30. The molecular formula is C58H132. The molecule has 0 aromatic carbocycles. The predicted octanol–water partition coefficient (Wildman–Crippen LogP) is 23.0. The van der Waals surface area contributed by atoms with E-state index in [-0.39, 0.29) is 0 Å². The lowest BCUT2D eigenvalue weighted by Gasteiger charge is -2.12. The van der Waals surface area contributed by atoms with Crippen LogP contribution in [0.25, 0.3) is 0 Å². The standard InChI is InChI=1S/8C6H14.2C5H10/c2*1-5-6(2,3)4;1-5(2)6(3)4;2*1-4-5-6(2)3;2*1-4-6(3)5-2;1-3-5-6-4-2;1-5(2)3-4-5;1-4-3-5(4)2/h2*5H2,1-4H3;5-6H,1-4H3;4*6H,4-5H2,1-3H3;3-6H2,1-2H3;3-4H2,1-2H3;4-5H,3H2,1-2H3/t;;;;;;;;;4-,5?/m.........1/s1. The lowest BCUT2D eigenvalue weighted by atomic mass is 9.94. The zero-order chi connectivity index (χ0) is 48.1. The molecule has 0 N–H and O–H groups in total. The summed E-state index contributed by atoms with van der Waals surface area (Å²) in [5.74, 6) is 7.47. The van der Waals surface area contributed by atoms with Gasteiger partial charge in [0.15, 0.2) is 0 Å². The van der Waals surface area contributed by atoms with Gasteiger partial charge in [0.2, 0.25) is 0 Å². The van der Waals surface area contributed by atoms with E-state index in [1.54, 1.807) is 0 Å². The van der Waals surface area contributed by atoms with E-state index in [1.807, 2.05) is 0 Å². The van der Waals surface area contributed by atoms with E-state index in [2.05, 4.69) is 208 Å². The summed E-state index contributed by atoms with van der Waals surface area (Å²) in [4.78, 5) is 0. The molecule has 0 saturated heterocycles. The molecule has 0 spiro atoms. The highest BCUT2D eigenvalue weighted by Crippen LogP contribution is 2.43. The number of hydrogen-bond donors (Lipinski definition) is 0. The summed E-state index contributed by atoms with van der Waals surface area (Å²) in [6.07, 6.45) is 23.2. The van der Waals surface area contributed by atoms with Crippen LogP contribution in [-0.2, 0) is 0 Å². The van der Waals surface area contributed by atoms with Gasteiger partial charge in [0.25, 0.3) is 0 Å². The van der Waals surface area contributed by atoms with Crippen molar-refractivity contribution in [2.24, 2.45) is 63.6 Å². The Kier molecular flexibility index (Phi) is 66.7. The summed E-state index contributed by atoms with van der Waals surface area (Å²) in [5.41, 5.74) is 1.83. The van der Waals surface area contributed by atoms with Crippen LogP contribution in [0.5, 0.6) is 0 Å². The first kappa shape index (κ1) is 75.4. The van der Waals surface area contributed by atoms with Crippen molar-refractivity contribution in [1.29, 1.82) is 0 Å². The van der Waals surface area contributed by atoms with Crippen LogP contribution >= 0.6 is 0 Å². The van der Waals surface area contributed by atoms with Crippen molar-refractivity contribution in [1.82, 2.24) is 0 Å². The van der Waals surface area contributed by atoms with Crippen molar-refractivity contribution in [3.05, 3.63) is 0 Å². The molecule has 0 heterocycles. The molecule has 0 nitrogen and oxygen atoms in total. The molecule has 364 valence electrons. The lowest BCUT2D eigenvalue weighted by Crippen LogP contribution is -2.00. The SMILES string of the molecule is CC(C)C(C)C.CC1(C)CC1.CC1C[C@H]1C.CCC(C)(C)C.CCC(C)(C)C.CCC(C)CC.CCC(C)CC.CCCC(C)C.CCCC(C)C.CCCCCC. The second-order valence-electron chi connectivity index (χ2n) is 23.1. The van der Waals surface area contributed by atoms with E-state index >= 15 is 0 Å². The van der Waals surface area contributed by atoms with E-state index in [9.17, 15) is 0 Å². The van der Waals surface area contributed by atoms with Crippen molar-refractivity contribution in [2.75, 3.05) is 0 Å². The molecule has 2 atom stereocenters. The van der Waals surface area contributed by atoms with E-state index in [4.69, 9.17) is 0 Å². The average molecular weight is 830 g/mol. The fourth-order valence-electron chi connectivity index (χ4n) is 2.99. The van der Waals surface area contributed by atoms with Gasteiger partial charge in [-0.3, -0.25) is 0 Å². The molecule has 1 unspecified atom stereocenters. The summed E-state index contributed by atoms with van der Waals surface area (Å²) < 4.78 is 0. The van der Waals surface area contributed by atoms with E-state index < -0.39 is 0 Å². The molecule has 0 aliphatic heterocycles. The summed E-state index contributed by atoms with van der Waals surface area (Å²) in [6, 6.07) is 0. The minimum Gasteiger partial charge on any atom is -0.0654 e. The highest BCUT2D eigenvalue weighted by molar-refractivity contribution is 4.82. The van der Waals surface area contributed by atoms with E-state index in [0.29, 0.717) is 10.8 Å². The number of rotatable bonds is 12. The first-order valence-electron chi connectivity index (χ1n) is 26.3. The summed E-state index contributed by atoms with van der Waals surface area (Å²) in [5, 5.41) is 0. The zero-order valence-corrected chi connectivity index (χ0v) is 48.1. The molecule has 0 radical (unpaired) electrons. The van der Waals surface area contributed by atoms with Crippen LogP contribution in [0.15, 0.2) is 0 Å². The highest BCUT2D eigenvalue weighted by atomic mass is 14.4. The molecule has 0 heteroatoms. The molecule has 0 amide bonds. The summed E-state index contributed by atoms with van der Waals surface area (Å²) >= 11 is 0. The monoisotopic (exact) mass is 829 g/mol. The third kappa shape index (κ3) is 117. The Morgan fingerprint density at radius 1 is 0.431 bits per heavy atom. The van der Waals surface area contributed by atoms with E-state index in [1.165, 1.54) is 109 Å². The second kappa shape index (κ2) is 51.4. The average Bonchev–Trinajstić information content (AvgIpc) is 4.03. The van der Waals surface area contributed by atoms with Gasteiger partial charge in [-0.2, -0.15) is 0 Å². The normalized spacial score (nSPS) is 15.5. The van der Waals surface area contributed by atoms with Gasteiger partial charge in [0.05, 0.1) is 0 Å². The van der Waals surface area contributed by atoms with Gasteiger partial charge in [-0.15, -0.1) is 0 Å². The van der Waals surface area contributed by atoms with Crippen LogP contribution in [-0.4, -0.2) is 0 Å². The van der Waals surface area contributed by atoms with Gasteiger partial charge in [0, 0.05) is 0 Å². The van der Waals surface area contributed by atoms with Crippen LogP contribution in [0.2, 0.25) is 0 Å². The Bertz CT molecular complexity index is 599. The van der Waals surface area contributed by atoms with Crippen molar-refractivity contribution in [2.45, 2.75) is 317 Å². The van der Waals surface area contributed by atoms with Crippen LogP contribution in [0, 0.1) is 63.6 Å². The highest BCUT2D eigenvalue weighted by Gasteiger charge is 2.30. The van der Waals surface area contributed by atoms with Crippen LogP contribution in [0.1, 0.15) is 317 Å². The Morgan fingerprint density at radius 3 is 0.638 bits per heavy atom. The topological polar surface area (TPSA) is 0 Å². The minimum absolute atomic E-state index is 0.542. The molecule has 58 heavy (non-hydrogen) atoms. The van der Waals surface area contributed by atoms with Gasteiger partial charge in [-0.1, -0.05) is 298 Å². The van der Waals surface area contributed by atoms with Crippen LogP contribution < -0.4 is 0 Å². The molecule has 0 aromatic rings. The van der Waals surface area contributed by atoms with Gasteiger partial charge < -0.3 is 0 Å². The molecule has 0 aromatic heterocycles. The third-order valence-electron chi connectivity index (χ3n) is 11.7. The van der Waals surface area contributed by atoms with Crippen molar-refractivity contribution >= 4 is 0 Å². The fraction of sp³-hybridized carbons (Fsp3) is 1.00. The molecule has 2 saturated carbocycles. The maximum Gasteiger partial charge on any atom is -0.0354 e. The zero-order valence-electron chi connectivity index (χ0n) is 48.1. The number of hydrogen-bond acceptors (Lipinski definition) is 0. The number of unbranched alkanes of at least 4 members (excludes halogenated alkanes) is 3. The van der Waals surface area contributed by atoms with Crippen LogP contribution in [0.3, 0.4) is 0 Å². The summed E-state index contributed by atoms with van der Waals surface area (Å²) in [6.45, 7) is 67.4. The molecular weight excluding hydrogens is 697 g/mol.